The van der Waals surface area contributed by atoms with E-state index in [2.05, 4.69) is 12.6 Å². The molecule has 0 aliphatic rings. The zero-order chi connectivity index (χ0) is 3.58. The van der Waals surface area contributed by atoms with Crippen molar-refractivity contribution in [3.63, 3.8) is 0 Å². The Morgan fingerprint density at radius 3 is 2.00 bits per heavy atom. The zero-order valence-electron chi connectivity index (χ0n) is 4.36. The van der Waals surface area contributed by atoms with Gasteiger partial charge in [-0.15, -0.1) is 12.6 Å². The van der Waals surface area contributed by atoms with Gasteiger partial charge in [0.2, 0.25) is 0 Å². The van der Waals surface area contributed by atoms with Crippen molar-refractivity contribution in [1.29, 1.82) is 0 Å². The molecule has 26 valence electrons. The summed E-state index contributed by atoms with van der Waals surface area (Å²) in [6.45, 7) is 1.39. The molecule has 0 aromatic carbocycles. The molecule has 0 amide bonds. The quantitative estimate of drug-likeness (QED) is 0.265. The van der Waals surface area contributed by atoms with Crippen molar-refractivity contribution in [1.82, 2.24) is 0 Å². The van der Waals surface area contributed by atoms with Crippen LogP contribution in [0.2, 0.25) is 0 Å². The second-order valence-corrected chi connectivity index (χ2v) is 1.15. The normalized spacial score (nSPS) is 5.20. The summed E-state index contributed by atoms with van der Waals surface area (Å²) in [6.07, 6.45) is 0. The molecule has 3 heteroatoms. The summed E-state index contributed by atoms with van der Waals surface area (Å²) in [4.78, 5) is 9.31. The molecule has 0 aromatic heterocycles. The van der Waals surface area contributed by atoms with Crippen molar-refractivity contribution in [2.75, 3.05) is 0 Å². The van der Waals surface area contributed by atoms with Crippen LogP contribution in [0.15, 0.2) is 0 Å². The Balaban J connectivity index is -0.0000000450. The molecule has 0 heterocycles. The minimum atomic E-state index is -0.139. The SMILES string of the molecule is CC(=O)S.[H-].[Na+]. The molecule has 0 fully saturated rings. The first-order valence-corrected chi connectivity index (χ1v) is 1.37. The van der Waals surface area contributed by atoms with E-state index in [0.717, 1.165) is 0 Å². The zero-order valence-corrected chi connectivity index (χ0v) is 6.25. The Hall–Kier alpha value is 1.02. The predicted octanol–water partition coefficient (Wildman–Crippen LogP) is -2.42. The molecule has 0 N–H and O–H groups in total. The van der Waals surface area contributed by atoms with Gasteiger partial charge in [-0.3, -0.25) is 4.79 Å². The number of hydrogen-bond acceptors (Lipinski definition) is 1. The van der Waals surface area contributed by atoms with E-state index in [1.165, 1.54) is 6.92 Å². The average molecular weight is 100 g/mol. The van der Waals surface area contributed by atoms with Crippen LogP contribution in [0.25, 0.3) is 0 Å². The van der Waals surface area contributed by atoms with Gasteiger partial charge < -0.3 is 1.43 Å². The first kappa shape index (κ1) is 9.39. The van der Waals surface area contributed by atoms with Crippen molar-refractivity contribution in [3.05, 3.63) is 0 Å². The third-order valence-electron chi connectivity index (χ3n) is 0. The van der Waals surface area contributed by atoms with Crippen LogP contribution in [0.3, 0.4) is 0 Å². The maximum absolute atomic E-state index is 9.31. The van der Waals surface area contributed by atoms with Crippen molar-refractivity contribution in [2.24, 2.45) is 0 Å². The van der Waals surface area contributed by atoms with Gasteiger partial charge in [-0.1, -0.05) is 0 Å². The van der Waals surface area contributed by atoms with E-state index >= 15 is 0 Å². The van der Waals surface area contributed by atoms with Crippen molar-refractivity contribution >= 4 is 17.7 Å². The summed E-state index contributed by atoms with van der Waals surface area (Å²) < 4.78 is 0. The number of thiol groups is 1. The van der Waals surface area contributed by atoms with Crippen LogP contribution in [0.5, 0.6) is 0 Å². The predicted molar refractivity (Wildman–Crippen MR) is 20.8 cm³/mol. The molecule has 0 rings (SSSR count). The Labute approximate surface area is 60.3 Å². The van der Waals surface area contributed by atoms with Gasteiger partial charge in [0.25, 0.3) is 0 Å². The minimum Gasteiger partial charge on any atom is -1.00 e. The van der Waals surface area contributed by atoms with Gasteiger partial charge in [0, 0.05) is 6.92 Å². The molecule has 0 aromatic rings. The topological polar surface area (TPSA) is 17.1 Å². The molecule has 0 atom stereocenters. The first-order valence-electron chi connectivity index (χ1n) is 0.928. The van der Waals surface area contributed by atoms with Crippen LogP contribution >= 0.6 is 12.6 Å². The van der Waals surface area contributed by atoms with Crippen LogP contribution in [0.4, 0.5) is 0 Å². The smallest absolute Gasteiger partial charge is 1.00 e. The second kappa shape index (κ2) is 5.02. The number of rotatable bonds is 0. The third kappa shape index (κ3) is 44.0. The van der Waals surface area contributed by atoms with Gasteiger partial charge in [0.05, 0.1) is 0 Å². The van der Waals surface area contributed by atoms with E-state index in [4.69, 9.17) is 0 Å². The fourth-order valence-corrected chi connectivity index (χ4v) is 0. The minimum absolute atomic E-state index is 0. The van der Waals surface area contributed by atoms with Crippen LogP contribution in [-0.2, 0) is 4.79 Å². The van der Waals surface area contributed by atoms with Crippen LogP contribution in [-0.4, -0.2) is 5.12 Å². The number of carbonyl (C=O) groups is 1. The van der Waals surface area contributed by atoms with Gasteiger partial charge >= 0.3 is 29.6 Å². The van der Waals surface area contributed by atoms with E-state index in [9.17, 15) is 4.79 Å². The van der Waals surface area contributed by atoms with Gasteiger partial charge in [0.15, 0.2) is 5.12 Å². The first-order chi connectivity index (χ1) is 1.73. The Bertz CT molecular complexity index is 36.5. The van der Waals surface area contributed by atoms with E-state index in [1.807, 2.05) is 0 Å². The molecule has 0 saturated heterocycles. The van der Waals surface area contributed by atoms with Gasteiger partial charge in [-0.25, -0.2) is 0 Å². The van der Waals surface area contributed by atoms with E-state index < -0.39 is 0 Å². The molecule has 0 aliphatic heterocycles. The number of carbonyl (C=O) groups excluding carboxylic acids is 1. The number of hydrogen-bond donors (Lipinski definition) is 1. The maximum Gasteiger partial charge on any atom is 1.00 e. The van der Waals surface area contributed by atoms with Crippen LogP contribution < -0.4 is 29.6 Å². The van der Waals surface area contributed by atoms with Gasteiger partial charge in [-0.05, 0) is 0 Å². The van der Waals surface area contributed by atoms with Crippen LogP contribution in [0, 0.1) is 0 Å². The second-order valence-electron chi connectivity index (χ2n) is 0.519. The summed E-state index contributed by atoms with van der Waals surface area (Å²) in [5.74, 6) is 0. The molecule has 0 unspecified atom stereocenters. The molecule has 5 heavy (non-hydrogen) atoms. The molecule has 0 aliphatic carbocycles. The molecular weight excluding hydrogens is 95.1 g/mol. The molecular formula is C2H5NaOS. The summed E-state index contributed by atoms with van der Waals surface area (Å²) in [7, 11) is 0. The largest absolute Gasteiger partial charge is 1.00 e. The van der Waals surface area contributed by atoms with E-state index in [1.54, 1.807) is 0 Å². The van der Waals surface area contributed by atoms with Crippen molar-refractivity contribution in [2.45, 2.75) is 6.92 Å². The molecule has 0 saturated carbocycles. The van der Waals surface area contributed by atoms with Crippen molar-refractivity contribution < 1.29 is 35.8 Å². The summed E-state index contributed by atoms with van der Waals surface area (Å²) in [6, 6.07) is 0. The fraction of sp³-hybridized carbons (Fsp3) is 0.500. The Kier molecular flexibility index (Phi) is 9.43. The summed E-state index contributed by atoms with van der Waals surface area (Å²) in [5, 5.41) is -0.139. The van der Waals surface area contributed by atoms with Crippen molar-refractivity contribution in [3.8, 4) is 0 Å². The Morgan fingerprint density at radius 1 is 2.00 bits per heavy atom. The van der Waals surface area contributed by atoms with E-state index in [-0.39, 0.29) is 36.1 Å². The van der Waals surface area contributed by atoms with Gasteiger partial charge in [0.1, 0.15) is 0 Å². The monoisotopic (exact) mass is 100.0 g/mol. The van der Waals surface area contributed by atoms with Crippen LogP contribution in [0.1, 0.15) is 8.35 Å². The third-order valence-corrected chi connectivity index (χ3v) is 0. The molecule has 0 radical (unpaired) electrons. The molecule has 0 spiro atoms. The molecule has 0 bridgehead atoms. The average Bonchev–Trinajstić information content (AvgIpc) is 0.811. The summed E-state index contributed by atoms with van der Waals surface area (Å²) in [5.41, 5.74) is 0. The fourth-order valence-electron chi connectivity index (χ4n) is 0. The standard InChI is InChI=1S/C2H4OS.Na.H/c1-2(3)4;;/h1H3,(H,3,4);;/q;+1;-1. The molecule has 1 nitrogen and oxygen atoms in total. The maximum atomic E-state index is 9.31. The van der Waals surface area contributed by atoms with Gasteiger partial charge in [-0.2, -0.15) is 0 Å². The summed E-state index contributed by atoms with van der Waals surface area (Å²) >= 11 is 3.33. The van der Waals surface area contributed by atoms with E-state index in [0.29, 0.717) is 0 Å². The Morgan fingerprint density at radius 2 is 2.00 bits per heavy atom.